The van der Waals surface area contributed by atoms with Crippen molar-refractivity contribution in [2.75, 3.05) is 0 Å². The molecule has 0 saturated heterocycles. The van der Waals surface area contributed by atoms with Crippen molar-refractivity contribution in [2.24, 2.45) is 0 Å². The van der Waals surface area contributed by atoms with Crippen LogP contribution in [0.4, 0.5) is 0 Å². The molecule has 16 heavy (non-hydrogen) atoms. The van der Waals surface area contributed by atoms with Gasteiger partial charge in [0.15, 0.2) is 0 Å². The Labute approximate surface area is 101 Å². The van der Waals surface area contributed by atoms with Gasteiger partial charge in [0.25, 0.3) is 0 Å². The number of ether oxygens (including phenoxy) is 1. The van der Waals surface area contributed by atoms with Gasteiger partial charge in [-0.1, -0.05) is 43.0 Å². The summed E-state index contributed by atoms with van der Waals surface area (Å²) in [5.41, 5.74) is 0.542. The number of rotatable bonds is 2. The first-order valence-corrected chi connectivity index (χ1v) is 5.05. The molecule has 0 aromatic heterocycles. The first-order valence-electron chi connectivity index (χ1n) is 4.67. The molecule has 0 aliphatic carbocycles. The average Bonchev–Trinajstić information content (AvgIpc) is 2.17. The van der Waals surface area contributed by atoms with Gasteiger partial charge in [-0.15, -0.1) is 0 Å². The molecule has 1 aromatic rings. The summed E-state index contributed by atoms with van der Waals surface area (Å²) in [6.45, 7) is 10.2. The number of allylic oxidation sites excluding steroid dienone is 2. The van der Waals surface area contributed by atoms with E-state index in [-0.39, 0.29) is 5.97 Å². The summed E-state index contributed by atoms with van der Waals surface area (Å²) in [5, 5.41) is 0.639. The van der Waals surface area contributed by atoms with E-state index in [4.69, 9.17) is 16.3 Å². The highest BCUT2D eigenvalue weighted by Gasteiger charge is 2.04. The van der Waals surface area contributed by atoms with Gasteiger partial charge in [-0.3, -0.25) is 0 Å². The van der Waals surface area contributed by atoms with Gasteiger partial charge in [-0.25, -0.2) is 4.79 Å². The monoisotopic (exact) mass is 238 g/mol. The molecule has 2 nitrogen and oxygen atoms in total. The van der Waals surface area contributed by atoms with Gasteiger partial charge in [0, 0.05) is 5.03 Å². The van der Waals surface area contributed by atoms with E-state index in [1.165, 1.54) is 0 Å². The van der Waals surface area contributed by atoms with Crippen LogP contribution in [0.3, 0.4) is 0 Å². The molecule has 0 bridgehead atoms. The van der Waals surface area contributed by atoms with Crippen molar-refractivity contribution in [2.45, 2.75) is 13.8 Å². The van der Waals surface area contributed by atoms with Crippen LogP contribution in [0, 0.1) is 0 Å². The third-order valence-electron chi connectivity index (χ3n) is 1.28. The van der Waals surface area contributed by atoms with E-state index < -0.39 is 0 Å². The molecule has 0 heterocycles. The molecule has 3 heteroatoms. The standard InChI is InChI=1S/C10H10O2.C3H5Cl/c1-8(2)12-10(11)9-6-4-3-5-7-9;1-3(2)4/h3-7H,1H2,2H3;1H2,2H3. The van der Waals surface area contributed by atoms with E-state index in [1.807, 2.05) is 6.07 Å². The highest BCUT2D eigenvalue weighted by atomic mass is 35.5. The van der Waals surface area contributed by atoms with Crippen molar-refractivity contribution >= 4 is 17.6 Å². The van der Waals surface area contributed by atoms with Crippen LogP contribution in [0.2, 0.25) is 0 Å². The smallest absolute Gasteiger partial charge is 0.343 e. The third kappa shape index (κ3) is 7.83. The first kappa shape index (κ1) is 14.5. The zero-order chi connectivity index (χ0) is 12.6. The Morgan fingerprint density at radius 3 is 2.00 bits per heavy atom. The molecule has 0 atom stereocenters. The molecule has 0 spiro atoms. The highest BCUT2D eigenvalue weighted by Crippen LogP contribution is 2.03. The predicted molar refractivity (Wildman–Crippen MR) is 67.3 cm³/mol. The van der Waals surface area contributed by atoms with E-state index >= 15 is 0 Å². The fourth-order valence-electron chi connectivity index (χ4n) is 0.791. The zero-order valence-corrected chi connectivity index (χ0v) is 10.3. The molecule has 0 amide bonds. The molecule has 0 unspecified atom stereocenters. The number of benzene rings is 1. The average molecular weight is 239 g/mol. The molecular formula is C13H15ClO2. The van der Waals surface area contributed by atoms with Crippen LogP contribution in [-0.2, 0) is 4.74 Å². The fourth-order valence-corrected chi connectivity index (χ4v) is 0.791. The summed E-state index contributed by atoms with van der Waals surface area (Å²) in [5.74, 6) is 0.0481. The lowest BCUT2D eigenvalue weighted by molar-refractivity contribution is 0.0628. The van der Waals surface area contributed by atoms with E-state index in [0.29, 0.717) is 16.4 Å². The minimum atomic E-state index is -0.358. The molecule has 0 N–H and O–H groups in total. The van der Waals surface area contributed by atoms with Gasteiger partial charge in [0.1, 0.15) is 0 Å². The van der Waals surface area contributed by atoms with Crippen molar-refractivity contribution in [3.63, 3.8) is 0 Å². The topological polar surface area (TPSA) is 26.3 Å². The summed E-state index contributed by atoms with van der Waals surface area (Å²) in [7, 11) is 0. The summed E-state index contributed by atoms with van der Waals surface area (Å²) in [6, 6.07) is 8.82. The Bertz CT molecular complexity index is 365. The largest absolute Gasteiger partial charge is 0.428 e. The van der Waals surface area contributed by atoms with Crippen LogP contribution < -0.4 is 0 Å². The van der Waals surface area contributed by atoms with Gasteiger partial charge >= 0.3 is 5.97 Å². The molecule has 1 aromatic carbocycles. The SMILES string of the molecule is C=C(C)Cl.C=C(C)OC(=O)c1ccccc1. The molecule has 0 aliphatic heterocycles. The summed E-state index contributed by atoms with van der Waals surface area (Å²) in [4.78, 5) is 11.2. The van der Waals surface area contributed by atoms with Crippen LogP contribution in [0.25, 0.3) is 0 Å². The maximum Gasteiger partial charge on any atom is 0.343 e. The van der Waals surface area contributed by atoms with E-state index in [1.54, 1.807) is 38.1 Å². The van der Waals surface area contributed by atoms with Crippen LogP contribution >= 0.6 is 11.6 Å². The lowest BCUT2D eigenvalue weighted by Crippen LogP contribution is -2.02. The maximum absolute atomic E-state index is 11.2. The Hall–Kier alpha value is -1.54. The number of hydrogen-bond acceptors (Lipinski definition) is 2. The van der Waals surface area contributed by atoms with Crippen LogP contribution in [0.1, 0.15) is 24.2 Å². The van der Waals surface area contributed by atoms with Crippen molar-refractivity contribution in [1.29, 1.82) is 0 Å². The van der Waals surface area contributed by atoms with E-state index in [9.17, 15) is 4.79 Å². The normalized spacial score (nSPS) is 8.44. The lowest BCUT2D eigenvalue weighted by atomic mass is 10.2. The quantitative estimate of drug-likeness (QED) is 0.572. The Morgan fingerprint density at radius 1 is 1.19 bits per heavy atom. The first-order chi connectivity index (χ1) is 7.43. The zero-order valence-electron chi connectivity index (χ0n) is 9.50. The second kappa shape index (κ2) is 7.71. The number of halogens is 1. The highest BCUT2D eigenvalue weighted by molar-refractivity contribution is 6.28. The minimum Gasteiger partial charge on any atom is -0.428 e. The van der Waals surface area contributed by atoms with Gasteiger partial charge in [-0.05, 0) is 26.0 Å². The van der Waals surface area contributed by atoms with Gasteiger partial charge in [-0.2, -0.15) is 0 Å². The van der Waals surface area contributed by atoms with Crippen molar-refractivity contribution in [3.05, 3.63) is 59.8 Å². The summed E-state index contributed by atoms with van der Waals surface area (Å²) in [6.07, 6.45) is 0. The molecule has 0 saturated carbocycles. The van der Waals surface area contributed by atoms with Crippen LogP contribution in [0.5, 0.6) is 0 Å². The number of carbonyl (C=O) groups is 1. The summed E-state index contributed by atoms with van der Waals surface area (Å²) < 4.78 is 4.80. The van der Waals surface area contributed by atoms with Gasteiger partial charge in [0.2, 0.25) is 0 Å². The molecule has 0 fully saturated rings. The van der Waals surface area contributed by atoms with Crippen LogP contribution in [0.15, 0.2) is 54.3 Å². The molecular weight excluding hydrogens is 224 g/mol. The van der Waals surface area contributed by atoms with Gasteiger partial charge in [0.05, 0.1) is 11.3 Å². The number of carbonyl (C=O) groups excluding carboxylic acids is 1. The van der Waals surface area contributed by atoms with E-state index in [2.05, 4.69) is 13.2 Å². The molecule has 86 valence electrons. The number of esters is 1. The second-order valence-corrected chi connectivity index (χ2v) is 3.78. The van der Waals surface area contributed by atoms with Gasteiger partial charge < -0.3 is 4.74 Å². The van der Waals surface area contributed by atoms with Crippen molar-refractivity contribution in [1.82, 2.24) is 0 Å². The molecule has 0 aliphatic rings. The molecule has 1 rings (SSSR count). The Kier molecular flexibility index (Phi) is 6.97. The van der Waals surface area contributed by atoms with Crippen molar-refractivity contribution < 1.29 is 9.53 Å². The second-order valence-electron chi connectivity index (χ2n) is 3.13. The lowest BCUT2D eigenvalue weighted by Gasteiger charge is -2.01. The maximum atomic E-state index is 11.2. The Morgan fingerprint density at radius 2 is 1.62 bits per heavy atom. The molecule has 0 radical (unpaired) electrons. The van der Waals surface area contributed by atoms with Crippen molar-refractivity contribution in [3.8, 4) is 0 Å². The summed E-state index contributed by atoms with van der Waals surface area (Å²) >= 11 is 5.08. The minimum absolute atomic E-state index is 0.358. The third-order valence-corrected chi connectivity index (χ3v) is 1.28. The number of hydrogen-bond donors (Lipinski definition) is 0. The van der Waals surface area contributed by atoms with E-state index in [0.717, 1.165) is 0 Å². The fraction of sp³-hybridized carbons (Fsp3) is 0.154. The van der Waals surface area contributed by atoms with Crippen LogP contribution in [-0.4, -0.2) is 5.97 Å². The Balaban J connectivity index is 0.000000487. The predicted octanol–water partition coefficient (Wildman–Crippen LogP) is 4.14.